The minimum absolute atomic E-state index is 0.00973. The lowest BCUT2D eigenvalue weighted by Gasteiger charge is -2.31. The highest BCUT2D eigenvalue weighted by Gasteiger charge is 2.31. The van der Waals surface area contributed by atoms with Gasteiger partial charge < -0.3 is 33.5 Å². The summed E-state index contributed by atoms with van der Waals surface area (Å²) in [6.07, 6.45) is 0. The summed E-state index contributed by atoms with van der Waals surface area (Å²) in [7, 11) is 0. The van der Waals surface area contributed by atoms with Gasteiger partial charge in [0.25, 0.3) is 0 Å². The van der Waals surface area contributed by atoms with Crippen molar-refractivity contribution >= 4 is 15.9 Å². The highest BCUT2D eigenvalue weighted by atomic mass is 79.9. The summed E-state index contributed by atoms with van der Waals surface area (Å²) in [5.41, 5.74) is -0.573. The lowest BCUT2D eigenvalue weighted by Crippen LogP contribution is -2.46. The first-order valence-corrected chi connectivity index (χ1v) is 8.65. The van der Waals surface area contributed by atoms with Crippen molar-refractivity contribution in [3.8, 4) is 0 Å². The van der Waals surface area contributed by atoms with E-state index >= 15 is 0 Å². The van der Waals surface area contributed by atoms with E-state index in [1.807, 2.05) is 0 Å². The molecule has 0 aliphatic carbocycles. The maximum atomic E-state index is 8.67. The Morgan fingerprint density at radius 2 is 1.36 bits per heavy atom. The first-order chi connectivity index (χ1) is 10.8. The minimum atomic E-state index is -0.573. The Morgan fingerprint density at radius 1 is 0.818 bits per heavy atom. The molecule has 1 heterocycles. The van der Waals surface area contributed by atoms with Gasteiger partial charge in [-0.1, -0.05) is 15.9 Å². The summed E-state index contributed by atoms with van der Waals surface area (Å²) in [5, 5.41) is 9.26. The van der Waals surface area contributed by atoms with Crippen molar-refractivity contribution in [2.75, 3.05) is 84.6 Å². The SMILES string of the molecule is OCCOCCOC1(CBr)COCCOCCOCCOC1. The molecular weight excluding hydrogens is 360 g/mol. The Morgan fingerprint density at radius 3 is 1.86 bits per heavy atom. The molecule has 0 unspecified atom stereocenters. The average molecular weight is 387 g/mol. The Balaban J connectivity index is 2.40. The van der Waals surface area contributed by atoms with E-state index in [9.17, 15) is 0 Å². The molecule has 1 aliphatic heterocycles. The van der Waals surface area contributed by atoms with Crippen molar-refractivity contribution in [3.63, 3.8) is 0 Å². The molecule has 132 valence electrons. The zero-order chi connectivity index (χ0) is 15.9. The second kappa shape index (κ2) is 13.6. The third kappa shape index (κ3) is 9.36. The van der Waals surface area contributed by atoms with Crippen LogP contribution in [0.5, 0.6) is 0 Å². The number of aliphatic hydroxyl groups excluding tert-OH is 1. The summed E-state index contributed by atoms with van der Waals surface area (Å²) in [6, 6.07) is 0. The Kier molecular flexibility index (Phi) is 12.5. The summed E-state index contributed by atoms with van der Waals surface area (Å²) < 4.78 is 33.2. The topological polar surface area (TPSA) is 75.6 Å². The number of hydrogen-bond acceptors (Lipinski definition) is 7. The maximum absolute atomic E-state index is 8.67. The largest absolute Gasteiger partial charge is 0.394 e. The van der Waals surface area contributed by atoms with Crippen LogP contribution in [0.4, 0.5) is 0 Å². The molecule has 0 aromatic carbocycles. The smallest absolute Gasteiger partial charge is 0.124 e. The van der Waals surface area contributed by atoms with E-state index in [0.717, 1.165) is 0 Å². The molecule has 1 N–H and O–H groups in total. The molecule has 0 bridgehead atoms. The van der Waals surface area contributed by atoms with Gasteiger partial charge in [0.2, 0.25) is 0 Å². The lowest BCUT2D eigenvalue weighted by molar-refractivity contribution is -0.135. The van der Waals surface area contributed by atoms with Gasteiger partial charge in [-0.05, 0) is 0 Å². The zero-order valence-corrected chi connectivity index (χ0v) is 14.6. The van der Waals surface area contributed by atoms with Crippen LogP contribution in [0, 0.1) is 0 Å². The summed E-state index contributed by atoms with van der Waals surface area (Å²) >= 11 is 3.48. The molecule has 0 atom stereocenters. The molecule has 1 rings (SSSR count). The third-order valence-corrected chi connectivity index (χ3v) is 3.98. The molecule has 0 radical (unpaired) electrons. The van der Waals surface area contributed by atoms with Gasteiger partial charge in [-0.3, -0.25) is 0 Å². The van der Waals surface area contributed by atoms with Gasteiger partial charge in [-0.15, -0.1) is 0 Å². The number of hydrogen-bond donors (Lipinski definition) is 1. The van der Waals surface area contributed by atoms with Gasteiger partial charge >= 0.3 is 0 Å². The van der Waals surface area contributed by atoms with Crippen molar-refractivity contribution < 1.29 is 33.5 Å². The van der Waals surface area contributed by atoms with E-state index in [-0.39, 0.29) is 6.61 Å². The van der Waals surface area contributed by atoms with Gasteiger partial charge in [0.05, 0.1) is 79.3 Å². The van der Waals surface area contributed by atoms with Gasteiger partial charge in [-0.2, -0.15) is 0 Å². The van der Waals surface area contributed by atoms with Crippen LogP contribution in [0.25, 0.3) is 0 Å². The Labute approximate surface area is 140 Å². The molecule has 1 aliphatic rings. The summed E-state index contributed by atoms with van der Waals surface area (Å²) in [5.74, 6) is 0. The predicted molar refractivity (Wildman–Crippen MR) is 83.7 cm³/mol. The highest BCUT2D eigenvalue weighted by molar-refractivity contribution is 9.09. The second-order valence-electron chi connectivity index (χ2n) is 4.83. The Bertz CT molecular complexity index is 241. The second-order valence-corrected chi connectivity index (χ2v) is 5.39. The molecule has 7 nitrogen and oxygen atoms in total. The van der Waals surface area contributed by atoms with Crippen molar-refractivity contribution in [2.45, 2.75) is 5.60 Å². The van der Waals surface area contributed by atoms with Crippen LogP contribution in [-0.4, -0.2) is 95.3 Å². The molecule has 0 aromatic rings. The quantitative estimate of drug-likeness (QED) is 0.495. The highest BCUT2D eigenvalue weighted by Crippen LogP contribution is 2.17. The lowest BCUT2D eigenvalue weighted by atomic mass is 10.1. The van der Waals surface area contributed by atoms with E-state index in [1.54, 1.807) is 0 Å². The van der Waals surface area contributed by atoms with Gasteiger partial charge in [0.15, 0.2) is 0 Å². The van der Waals surface area contributed by atoms with Gasteiger partial charge in [0.1, 0.15) is 5.60 Å². The molecule has 1 fully saturated rings. The molecule has 0 saturated carbocycles. The third-order valence-electron chi connectivity index (χ3n) is 2.96. The number of aliphatic hydroxyl groups is 1. The normalized spacial score (nSPS) is 21.5. The Hall–Kier alpha value is 0.200. The maximum Gasteiger partial charge on any atom is 0.124 e. The fourth-order valence-electron chi connectivity index (χ4n) is 1.80. The predicted octanol–water partition coefficient (Wildman–Crippen LogP) is 0.226. The molecule has 8 heteroatoms. The first kappa shape index (κ1) is 20.2. The molecule has 0 aromatic heterocycles. The first-order valence-electron chi connectivity index (χ1n) is 7.52. The standard InChI is InChI=1S/C14H27BrO7/c15-11-14(22-10-9-17-2-1-16)12-20-7-5-18-3-4-19-6-8-21-13-14/h16H,1-13H2. The number of ether oxygens (including phenoxy) is 6. The van der Waals surface area contributed by atoms with Crippen LogP contribution in [-0.2, 0) is 28.4 Å². The molecule has 0 spiro atoms. The van der Waals surface area contributed by atoms with Crippen LogP contribution in [0.1, 0.15) is 0 Å². The van der Waals surface area contributed by atoms with E-state index in [2.05, 4.69) is 15.9 Å². The van der Waals surface area contributed by atoms with Crippen LogP contribution in [0.3, 0.4) is 0 Å². The minimum Gasteiger partial charge on any atom is -0.394 e. The van der Waals surface area contributed by atoms with E-state index in [1.165, 1.54) is 0 Å². The van der Waals surface area contributed by atoms with E-state index < -0.39 is 5.60 Å². The van der Waals surface area contributed by atoms with Crippen LogP contribution in [0.2, 0.25) is 0 Å². The molecular formula is C14H27BrO7. The molecule has 0 amide bonds. The number of halogens is 1. The van der Waals surface area contributed by atoms with Crippen molar-refractivity contribution in [1.82, 2.24) is 0 Å². The van der Waals surface area contributed by atoms with Crippen LogP contribution >= 0.6 is 15.9 Å². The fraction of sp³-hybridized carbons (Fsp3) is 1.00. The molecule has 22 heavy (non-hydrogen) atoms. The average Bonchev–Trinajstić information content (AvgIpc) is 2.56. The monoisotopic (exact) mass is 386 g/mol. The van der Waals surface area contributed by atoms with E-state index in [0.29, 0.717) is 78.0 Å². The van der Waals surface area contributed by atoms with Gasteiger partial charge in [-0.25, -0.2) is 0 Å². The summed E-state index contributed by atoms with van der Waals surface area (Å²) in [6.45, 7) is 5.14. The molecule has 1 saturated heterocycles. The fourth-order valence-corrected chi connectivity index (χ4v) is 2.28. The van der Waals surface area contributed by atoms with E-state index in [4.69, 9.17) is 33.5 Å². The van der Waals surface area contributed by atoms with Crippen molar-refractivity contribution in [2.24, 2.45) is 0 Å². The summed E-state index contributed by atoms with van der Waals surface area (Å²) in [4.78, 5) is 0. The van der Waals surface area contributed by atoms with Crippen molar-refractivity contribution in [1.29, 1.82) is 0 Å². The van der Waals surface area contributed by atoms with Crippen LogP contribution < -0.4 is 0 Å². The van der Waals surface area contributed by atoms with Crippen molar-refractivity contribution in [3.05, 3.63) is 0 Å². The van der Waals surface area contributed by atoms with Crippen LogP contribution in [0.15, 0.2) is 0 Å². The zero-order valence-electron chi connectivity index (χ0n) is 13.0. The number of rotatable bonds is 7. The number of alkyl halides is 1. The van der Waals surface area contributed by atoms with Gasteiger partial charge in [0, 0.05) is 5.33 Å².